The molecule has 0 bridgehead atoms. The van der Waals surface area contributed by atoms with E-state index in [4.69, 9.17) is 4.74 Å². The minimum Gasteiger partial charge on any atom is -0.383 e. The van der Waals surface area contributed by atoms with E-state index in [0.717, 1.165) is 19.7 Å². The van der Waals surface area contributed by atoms with Crippen molar-refractivity contribution in [3.63, 3.8) is 0 Å². The fraction of sp³-hybridized carbons (Fsp3) is 0.600. The van der Waals surface area contributed by atoms with Gasteiger partial charge in [-0.15, -0.1) is 11.8 Å². The lowest BCUT2D eigenvalue weighted by Crippen LogP contribution is -2.26. The average molecular weight is 265 g/mol. The summed E-state index contributed by atoms with van der Waals surface area (Å²) < 4.78 is 5.02. The van der Waals surface area contributed by atoms with Crippen molar-refractivity contribution < 1.29 is 4.74 Å². The van der Waals surface area contributed by atoms with Crippen LogP contribution < -0.4 is 5.32 Å². The largest absolute Gasteiger partial charge is 0.383 e. The number of methoxy groups -OCH3 is 1. The minimum absolute atomic E-state index is 0.598. The molecule has 1 atom stereocenters. The van der Waals surface area contributed by atoms with Gasteiger partial charge in [-0.2, -0.15) is 0 Å². The molecule has 1 aliphatic carbocycles. The average Bonchev–Trinajstić information content (AvgIpc) is 2.82. The molecule has 3 heteroatoms. The molecule has 1 aliphatic rings. The van der Waals surface area contributed by atoms with Crippen LogP contribution in [0.2, 0.25) is 0 Å². The molecule has 1 aromatic carbocycles. The Balaban J connectivity index is 1.78. The highest BCUT2D eigenvalue weighted by molar-refractivity contribution is 8.00. The van der Waals surface area contributed by atoms with Crippen LogP contribution >= 0.6 is 11.8 Å². The van der Waals surface area contributed by atoms with Gasteiger partial charge >= 0.3 is 0 Å². The van der Waals surface area contributed by atoms with E-state index in [1.165, 1.54) is 24.2 Å². The van der Waals surface area contributed by atoms with E-state index in [9.17, 15) is 0 Å². The highest BCUT2D eigenvalue weighted by Gasteiger charge is 2.12. The van der Waals surface area contributed by atoms with Gasteiger partial charge in [-0.05, 0) is 42.5 Å². The Morgan fingerprint density at radius 3 is 3.00 bits per heavy atom. The first-order chi connectivity index (χ1) is 8.79. The fourth-order valence-electron chi connectivity index (χ4n) is 2.38. The van der Waals surface area contributed by atoms with E-state index >= 15 is 0 Å². The zero-order valence-electron chi connectivity index (χ0n) is 11.4. The number of rotatable bonds is 7. The third-order valence-corrected chi connectivity index (χ3v) is 4.42. The van der Waals surface area contributed by atoms with Gasteiger partial charge < -0.3 is 10.1 Å². The summed E-state index contributed by atoms with van der Waals surface area (Å²) in [5.41, 5.74) is 3.13. The number of fused-ring (bicyclic) bond motifs is 1. The van der Waals surface area contributed by atoms with Crippen molar-refractivity contribution in [3.05, 3.63) is 29.3 Å². The maximum atomic E-state index is 5.02. The molecule has 0 fully saturated rings. The van der Waals surface area contributed by atoms with Crippen LogP contribution in [0.5, 0.6) is 0 Å². The van der Waals surface area contributed by atoms with Crippen molar-refractivity contribution >= 4 is 11.8 Å². The lowest BCUT2D eigenvalue weighted by Gasteiger charge is -2.13. The van der Waals surface area contributed by atoms with Gasteiger partial charge in [0, 0.05) is 30.3 Å². The van der Waals surface area contributed by atoms with Crippen LogP contribution in [0.25, 0.3) is 0 Å². The molecular formula is C15H23NOS. The minimum atomic E-state index is 0.598. The van der Waals surface area contributed by atoms with Crippen LogP contribution in [0.1, 0.15) is 24.5 Å². The molecule has 0 aliphatic heterocycles. The Hall–Kier alpha value is -0.510. The number of benzene rings is 1. The van der Waals surface area contributed by atoms with Crippen LogP contribution in [0.4, 0.5) is 0 Å². The molecule has 0 spiro atoms. The molecule has 0 aromatic heterocycles. The number of thioether (sulfide) groups is 1. The van der Waals surface area contributed by atoms with Crippen molar-refractivity contribution in [2.24, 2.45) is 0 Å². The predicted molar refractivity (Wildman–Crippen MR) is 78.5 cm³/mol. The first-order valence-electron chi connectivity index (χ1n) is 6.77. The summed E-state index contributed by atoms with van der Waals surface area (Å²) >= 11 is 1.96. The molecule has 0 heterocycles. The molecule has 0 saturated heterocycles. The Morgan fingerprint density at radius 2 is 2.17 bits per heavy atom. The topological polar surface area (TPSA) is 21.3 Å². The van der Waals surface area contributed by atoms with Gasteiger partial charge in [0.15, 0.2) is 0 Å². The Kier molecular flexibility index (Phi) is 5.54. The molecule has 100 valence electrons. The molecular weight excluding hydrogens is 242 g/mol. The number of hydrogen-bond donors (Lipinski definition) is 1. The molecule has 1 unspecified atom stereocenters. The summed E-state index contributed by atoms with van der Waals surface area (Å²) in [6.07, 6.45) is 3.87. The lowest BCUT2D eigenvalue weighted by atomic mass is 10.1. The summed E-state index contributed by atoms with van der Waals surface area (Å²) in [6, 6.07) is 6.98. The monoisotopic (exact) mass is 265 g/mol. The van der Waals surface area contributed by atoms with E-state index in [-0.39, 0.29) is 0 Å². The predicted octanol–water partition coefficient (Wildman–Crippen LogP) is 2.89. The highest BCUT2D eigenvalue weighted by Crippen LogP contribution is 2.29. The van der Waals surface area contributed by atoms with Crippen LogP contribution in [0.15, 0.2) is 23.1 Å². The van der Waals surface area contributed by atoms with Gasteiger partial charge in [-0.25, -0.2) is 0 Å². The van der Waals surface area contributed by atoms with E-state index in [0.29, 0.717) is 5.25 Å². The second-order valence-corrected chi connectivity index (χ2v) is 6.42. The quantitative estimate of drug-likeness (QED) is 0.605. The molecule has 0 amide bonds. The van der Waals surface area contributed by atoms with Gasteiger partial charge in [0.2, 0.25) is 0 Å². The van der Waals surface area contributed by atoms with E-state index in [1.54, 1.807) is 18.2 Å². The Labute approximate surface area is 114 Å². The Bertz CT molecular complexity index is 381. The van der Waals surface area contributed by atoms with Crippen LogP contribution in [0, 0.1) is 0 Å². The first kappa shape index (κ1) is 13.9. The number of ether oxygens (including phenoxy) is 1. The summed E-state index contributed by atoms with van der Waals surface area (Å²) in [7, 11) is 1.74. The number of hydrogen-bond acceptors (Lipinski definition) is 3. The standard InChI is InChI=1S/C15H23NOS/c1-12(11-16-8-9-17-2)18-15-7-6-13-4-3-5-14(13)10-15/h6-7,10,12,16H,3-5,8-9,11H2,1-2H3. The molecule has 1 N–H and O–H groups in total. The third kappa shape index (κ3) is 4.01. The zero-order valence-corrected chi connectivity index (χ0v) is 12.2. The molecule has 18 heavy (non-hydrogen) atoms. The van der Waals surface area contributed by atoms with Crippen molar-refractivity contribution in [1.29, 1.82) is 0 Å². The number of aryl methyl sites for hydroxylation is 2. The summed E-state index contributed by atoms with van der Waals surface area (Å²) in [5.74, 6) is 0. The molecule has 1 aromatic rings. The van der Waals surface area contributed by atoms with Gasteiger partial charge in [0.1, 0.15) is 0 Å². The first-order valence-corrected chi connectivity index (χ1v) is 7.65. The van der Waals surface area contributed by atoms with Gasteiger partial charge in [0.05, 0.1) is 6.61 Å². The van der Waals surface area contributed by atoms with Crippen molar-refractivity contribution in [1.82, 2.24) is 5.32 Å². The number of nitrogens with one attached hydrogen (secondary N) is 1. The Morgan fingerprint density at radius 1 is 1.33 bits per heavy atom. The van der Waals surface area contributed by atoms with E-state index in [1.807, 2.05) is 11.8 Å². The van der Waals surface area contributed by atoms with Crippen molar-refractivity contribution in [3.8, 4) is 0 Å². The maximum Gasteiger partial charge on any atom is 0.0587 e. The van der Waals surface area contributed by atoms with Crippen molar-refractivity contribution in [2.75, 3.05) is 26.8 Å². The van der Waals surface area contributed by atoms with Crippen LogP contribution in [-0.4, -0.2) is 32.1 Å². The summed E-state index contributed by atoms with van der Waals surface area (Å²) in [6.45, 7) is 5.03. The van der Waals surface area contributed by atoms with E-state index in [2.05, 4.69) is 30.4 Å². The second-order valence-electron chi connectivity index (χ2n) is 4.91. The molecule has 2 nitrogen and oxygen atoms in total. The van der Waals surface area contributed by atoms with E-state index < -0.39 is 0 Å². The second kappa shape index (κ2) is 7.17. The normalized spacial score (nSPS) is 15.7. The summed E-state index contributed by atoms with van der Waals surface area (Å²) in [5, 5.41) is 4.01. The maximum absolute atomic E-state index is 5.02. The molecule has 0 radical (unpaired) electrons. The van der Waals surface area contributed by atoms with Crippen LogP contribution in [0.3, 0.4) is 0 Å². The highest BCUT2D eigenvalue weighted by atomic mass is 32.2. The van der Waals surface area contributed by atoms with Crippen molar-refractivity contribution in [2.45, 2.75) is 36.3 Å². The van der Waals surface area contributed by atoms with Gasteiger partial charge in [-0.1, -0.05) is 13.0 Å². The smallest absolute Gasteiger partial charge is 0.0587 e. The molecule has 2 rings (SSSR count). The van der Waals surface area contributed by atoms with Gasteiger partial charge in [-0.3, -0.25) is 0 Å². The third-order valence-electron chi connectivity index (χ3n) is 3.32. The SMILES string of the molecule is COCCNCC(C)Sc1ccc2c(c1)CCC2. The van der Waals surface area contributed by atoms with Gasteiger partial charge in [0.25, 0.3) is 0 Å². The van der Waals surface area contributed by atoms with Crippen LogP contribution in [-0.2, 0) is 17.6 Å². The lowest BCUT2D eigenvalue weighted by molar-refractivity contribution is 0.199. The fourth-order valence-corrected chi connectivity index (χ4v) is 3.40. The zero-order chi connectivity index (χ0) is 12.8. The summed E-state index contributed by atoms with van der Waals surface area (Å²) in [4.78, 5) is 1.41. The molecule has 0 saturated carbocycles.